The third-order valence-electron chi connectivity index (χ3n) is 3.67. The lowest BCUT2D eigenvalue weighted by Gasteiger charge is -2.37. The van der Waals surface area contributed by atoms with Crippen molar-refractivity contribution in [1.82, 2.24) is 0 Å². The van der Waals surface area contributed by atoms with E-state index in [2.05, 4.69) is 36.2 Å². The Labute approximate surface area is 109 Å². The fourth-order valence-corrected chi connectivity index (χ4v) is 2.55. The fourth-order valence-electron chi connectivity index (χ4n) is 2.55. The van der Waals surface area contributed by atoms with E-state index in [4.69, 9.17) is 10.5 Å². The van der Waals surface area contributed by atoms with Gasteiger partial charge in [-0.2, -0.15) is 0 Å². The van der Waals surface area contributed by atoms with Crippen LogP contribution in [0.4, 0.5) is 0 Å². The van der Waals surface area contributed by atoms with Gasteiger partial charge in [-0.3, -0.25) is 4.99 Å². The molecule has 0 radical (unpaired) electrons. The predicted octanol–water partition coefficient (Wildman–Crippen LogP) is 2.50. The number of hydrogen-bond donors (Lipinski definition) is 1. The van der Waals surface area contributed by atoms with Crippen LogP contribution in [0.3, 0.4) is 0 Å². The molecule has 1 aliphatic rings. The van der Waals surface area contributed by atoms with Gasteiger partial charge in [0.2, 0.25) is 0 Å². The lowest BCUT2D eigenvalue weighted by Crippen LogP contribution is -2.45. The fraction of sp³-hybridized carbons (Fsp3) is 0.533. The molecule has 0 amide bonds. The Balaban J connectivity index is 2.34. The molecule has 0 unspecified atom stereocenters. The van der Waals surface area contributed by atoms with Gasteiger partial charge in [0, 0.05) is 19.8 Å². The van der Waals surface area contributed by atoms with E-state index in [1.54, 1.807) is 0 Å². The number of amidine groups is 1. The number of aliphatic imine (C=N–C) groups is 1. The molecular formula is C15H22N2O. The summed E-state index contributed by atoms with van der Waals surface area (Å²) < 4.78 is 5.49. The molecule has 2 N–H and O–H groups in total. The van der Waals surface area contributed by atoms with E-state index < -0.39 is 0 Å². The zero-order valence-electron chi connectivity index (χ0n) is 11.1. The molecule has 98 valence electrons. The first-order valence-corrected chi connectivity index (χ1v) is 6.73. The highest BCUT2D eigenvalue weighted by atomic mass is 16.5. The summed E-state index contributed by atoms with van der Waals surface area (Å²) in [5.74, 6) is 0.777. The molecule has 1 fully saturated rings. The number of nitrogens with two attached hydrogens (primary N) is 1. The minimum Gasteiger partial charge on any atom is -0.387 e. The molecule has 0 aromatic heterocycles. The highest BCUT2D eigenvalue weighted by molar-refractivity contribution is 5.91. The molecule has 0 saturated carbocycles. The van der Waals surface area contributed by atoms with Crippen LogP contribution in [-0.4, -0.2) is 25.6 Å². The van der Waals surface area contributed by atoms with Crippen molar-refractivity contribution in [2.24, 2.45) is 10.7 Å². The average molecular weight is 246 g/mol. The van der Waals surface area contributed by atoms with Crippen LogP contribution in [0.5, 0.6) is 0 Å². The van der Waals surface area contributed by atoms with Crippen LogP contribution in [0.15, 0.2) is 35.3 Å². The van der Waals surface area contributed by atoms with Crippen molar-refractivity contribution >= 4 is 5.84 Å². The van der Waals surface area contributed by atoms with E-state index in [0.29, 0.717) is 0 Å². The van der Waals surface area contributed by atoms with Crippen molar-refractivity contribution in [3.05, 3.63) is 35.9 Å². The van der Waals surface area contributed by atoms with Gasteiger partial charge in [0.05, 0.1) is 5.41 Å². The molecule has 1 aromatic rings. The first-order chi connectivity index (χ1) is 8.79. The van der Waals surface area contributed by atoms with E-state index in [0.717, 1.165) is 44.9 Å². The van der Waals surface area contributed by atoms with E-state index >= 15 is 0 Å². The monoisotopic (exact) mass is 246 g/mol. The van der Waals surface area contributed by atoms with Crippen molar-refractivity contribution in [1.29, 1.82) is 0 Å². The molecule has 1 aromatic carbocycles. The van der Waals surface area contributed by atoms with Gasteiger partial charge < -0.3 is 10.5 Å². The molecule has 0 bridgehead atoms. The predicted molar refractivity (Wildman–Crippen MR) is 75.0 cm³/mol. The maximum absolute atomic E-state index is 6.30. The van der Waals surface area contributed by atoms with Crippen molar-refractivity contribution in [3.8, 4) is 0 Å². The summed E-state index contributed by atoms with van der Waals surface area (Å²) in [4.78, 5) is 4.55. The average Bonchev–Trinajstić information content (AvgIpc) is 2.46. The zero-order chi connectivity index (χ0) is 12.8. The van der Waals surface area contributed by atoms with Gasteiger partial charge in [-0.05, 0) is 24.8 Å². The topological polar surface area (TPSA) is 47.6 Å². The van der Waals surface area contributed by atoms with Gasteiger partial charge in [-0.1, -0.05) is 37.3 Å². The Morgan fingerprint density at radius 3 is 2.56 bits per heavy atom. The van der Waals surface area contributed by atoms with E-state index in [-0.39, 0.29) is 5.41 Å². The Morgan fingerprint density at radius 1 is 1.28 bits per heavy atom. The second-order valence-corrected chi connectivity index (χ2v) is 4.83. The lowest BCUT2D eigenvalue weighted by atomic mass is 9.73. The van der Waals surface area contributed by atoms with Crippen molar-refractivity contribution < 1.29 is 4.74 Å². The summed E-state index contributed by atoms with van der Waals surface area (Å²) in [6.45, 7) is 4.45. The molecule has 0 spiro atoms. The first kappa shape index (κ1) is 13.1. The summed E-state index contributed by atoms with van der Waals surface area (Å²) in [7, 11) is 0. The summed E-state index contributed by atoms with van der Waals surface area (Å²) in [6, 6.07) is 10.5. The van der Waals surface area contributed by atoms with Crippen LogP contribution in [0, 0.1) is 0 Å². The summed E-state index contributed by atoms with van der Waals surface area (Å²) in [5.41, 5.74) is 7.45. The number of ether oxygens (including phenoxy) is 1. The zero-order valence-corrected chi connectivity index (χ0v) is 11.1. The normalized spacial score (nSPS) is 19.7. The lowest BCUT2D eigenvalue weighted by molar-refractivity contribution is 0.0704. The van der Waals surface area contributed by atoms with Gasteiger partial charge >= 0.3 is 0 Å². The van der Waals surface area contributed by atoms with Gasteiger partial charge in [0.15, 0.2) is 0 Å². The third kappa shape index (κ3) is 2.56. The standard InChI is InChI=1S/C15H22N2O/c1-2-10-17-14(16)15(8-11-18-12-9-15)13-6-4-3-5-7-13/h3-7H,2,8-12H2,1H3,(H2,16,17). The highest BCUT2D eigenvalue weighted by Gasteiger charge is 2.38. The smallest absolute Gasteiger partial charge is 0.105 e. The summed E-state index contributed by atoms with van der Waals surface area (Å²) in [5, 5.41) is 0. The van der Waals surface area contributed by atoms with Crippen LogP contribution in [-0.2, 0) is 10.2 Å². The Kier molecular flexibility index (Phi) is 4.37. The van der Waals surface area contributed by atoms with Gasteiger partial charge in [-0.15, -0.1) is 0 Å². The number of nitrogens with zero attached hydrogens (tertiary/aromatic N) is 1. The van der Waals surface area contributed by atoms with Crippen LogP contribution in [0.1, 0.15) is 31.7 Å². The molecule has 18 heavy (non-hydrogen) atoms. The van der Waals surface area contributed by atoms with Crippen LogP contribution >= 0.6 is 0 Å². The van der Waals surface area contributed by atoms with E-state index in [1.807, 2.05) is 6.07 Å². The molecule has 1 aliphatic heterocycles. The van der Waals surface area contributed by atoms with Crippen molar-refractivity contribution in [2.75, 3.05) is 19.8 Å². The van der Waals surface area contributed by atoms with Crippen LogP contribution in [0.2, 0.25) is 0 Å². The number of hydrogen-bond acceptors (Lipinski definition) is 2. The minimum atomic E-state index is -0.116. The number of rotatable bonds is 4. The number of benzene rings is 1. The van der Waals surface area contributed by atoms with Crippen molar-refractivity contribution in [3.63, 3.8) is 0 Å². The third-order valence-corrected chi connectivity index (χ3v) is 3.67. The van der Waals surface area contributed by atoms with Crippen molar-refractivity contribution in [2.45, 2.75) is 31.6 Å². The first-order valence-electron chi connectivity index (χ1n) is 6.73. The molecule has 3 nitrogen and oxygen atoms in total. The Morgan fingerprint density at radius 2 is 1.94 bits per heavy atom. The van der Waals surface area contributed by atoms with Gasteiger partial charge in [0.1, 0.15) is 5.84 Å². The van der Waals surface area contributed by atoms with E-state index in [9.17, 15) is 0 Å². The summed E-state index contributed by atoms with van der Waals surface area (Å²) in [6.07, 6.45) is 2.88. The minimum absolute atomic E-state index is 0.116. The molecular weight excluding hydrogens is 224 g/mol. The molecule has 3 heteroatoms. The van der Waals surface area contributed by atoms with Gasteiger partial charge in [-0.25, -0.2) is 0 Å². The maximum Gasteiger partial charge on any atom is 0.105 e. The molecule has 2 rings (SSSR count). The second kappa shape index (κ2) is 6.01. The highest BCUT2D eigenvalue weighted by Crippen LogP contribution is 2.35. The van der Waals surface area contributed by atoms with Crippen LogP contribution in [0.25, 0.3) is 0 Å². The van der Waals surface area contributed by atoms with Crippen LogP contribution < -0.4 is 5.73 Å². The largest absolute Gasteiger partial charge is 0.387 e. The molecule has 0 aliphatic carbocycles. The van der Waals surface area contributed by atoms with E-state index in [1.165, 1.54) is 5.56 Å². The Hall–Kier alpha value is -1.35. The SMILES string of the molecule is CCCN=C(N)C1(c2ccccc2)CCOCC1. The molecule has 1 saturated heterocycles. The summed E-state index contributed by atoms with van der Waals surface area (Å²) >= 11 is 0. The second-order valence-electron chi connectivity index (χ2n) is 4.83. The molecule has 1 heterocycles. The quantitative estimate of drug-likeness (QED) is 0.655. The Bertz CT molecular complexity index is 394. The van der Waals surface area contributed by atoms with Gasteiger partial charge in [0.25, 0.3) is 0 Å². The maximum atomic E-state index is 6.30. The molecule has 0 atom stereocenters.